The van der Waals surface area contributed by atoms with E-state index in [1.54, 1.807) is 6.08 Å². The van der Waals surface area contributed by atoms with E-state index in [-0.39, 0.29) is 17.0 Å². The van der Waals surface area contributed by atoms with Crippen molar-refractivity contribution in [2.75, 3.05) is 0 Å². The molecule has 0 spiro atoms. The second-order valence-corrected chi connectivity index (χ2v) is 4.21. The van der Waals surface area contributed by atoms with Crippen molar-refractivity contribution < 1.29 is 13.9 Å². The summed E-state index contributed by atoms with van der Waals surface area (Å²) in [7, 11) is 0. The minimum atomic E-state index is -0.825. The third kappa shape index (κ3) is 2.59. The van der Waals surface area contributed by atoms with Crippen LogP contribution in [0, 0.1) is 0 Å². The predicted molar refractivity (Wildman–Crippen MR) is 75.8 cm³/mol. The number of nitrogens with zero attached hydrogens (tertiary/aromatic N) is 1. The molecule has 0 amide bonds. The molecule has 0 unspecified atom stereocenters. The minimum absolute atomic E-state index is 0.0231. The van der Waals surface area contributed by atoms with Crippen molar-refractivity contribution >= 4 is 23.3 Å². The van der Waals surface area contributed by atoms with Crippen molar-refractivity contribution in [3.05, 3.63) is 68.7 Å². The molecule has 2 aromatic heterocycles. The average Bonchev–Trinajstić information content (AvgIpc) is 2.45. The molecule has 6 heteroatoms. The van der Waals surface area contributed by atoms with Crippen LogP contribution in [-0.4, -0.2) is 10.1 Å². The van der Waals surface area contributed by atoms with Gasteiger partial charge in [-0.25, -0.2) is 9.59 Å². The van der Waals surface area contributed by atoms with Gasteiger partial charge in [-0.3, -0.25) is 0 Å². The highest BCUT2D eigenvalue weighted by Gasteiger charge is 2.12. The maximum absolute atomic E-state index is 11.8. The summed E-state index contributed by atoms with van der Waals surface area (Å²) in [6.45, 7) is 0. The Morgan fingerprint density at radius 3 is 2.57 bits per heavy atom. The van der Waals surface area contributed by atoms with Gasteiger partial charge < -0.3 is 13.9 Å². The first-order valence-corrected chi connectivity index (χ1v) is 6.04. The van der Waals surface area contributed by atoms with E-state index in [1.807, 2.05) is 30.3 Å². The first-order chi connectivity index (χ1) is 10.1. The Kier molecular flexibility index (Phi) is 3.12. The Bertz CT molecular complexity index is 938. The third-order valence-corrected chi connectivity index (χ3v) is 2.75. The fourth-order valence-electron chi connectivity index (χ4n) is 1.81. The van der Waals surface area contributed by atoms with Crippen LogP contribution in [0.3, 0.4) is 0 Å². The molecule has 0 aliphatic heterocycles. The highest BCUT2D eigenvalue weighted by Crippen LogP contribution is 2.17. The van der Waals surface area contributed by atoms with Gasteiger partial charge in [-0.15, -0.1) is 0 Å². The summed E-state index contributed by atoms with van der Waals surface area (Å²) in [6, 6.07) is 10.1. The number of fused-ring (bicyclic) bond motifs is 1. The second kappa shape index (κ2) is 5.09. The molecule has 0 aliphatic rings. The number of hydrogen-bond acceptors (Lipinski definition) is 6. The Morgan fingerprint density at radius 1 is 1.05 bits per heavy atom. The zero-order valence-electron chi connectivity index (χ0n) is 10.6. The third-order valence-electron chi connectivity index (χ3n) is 2.75. The van der Waals surface area contributed by atoms with E-state index in [0.717, 1.165) is 11.6 Å². The van der Waals surface area contributed by atoms with Crippen LogP contribution in [0.1, 0.15) is 11.5 Å². The summed E-state index contributed by atoms with van der Waals surface area (Å²) in [6.07, 6.45) is 3.16. The Labute approximate surface area is 117 Å². The summed E-state index contributed by atoms with van der Waals surface area (Å²) in [5.41, 5.74) is -0.992. The fraction of sp³-hybridized carbons (Fsp3) is 0. The normalized spacial score (nSPS) is 11.2. The monoisotopic (exact) mass is 283 g/mol. The molecule has 0 atom stereocenters. The molecule has 1 aromatic carbocycles. The fourth-order valence-corrected chi connectivity index (χ4v) is 1.81. The molecular weight excluding hydrogens is 274 g/mol. The summed E-state index contributed by atoms with van der Waals surface area (Å²) in [4.78, 5) is 26.9. The summed E-state index contributed by atoms with van der Waals surface area (Å²) >= 11 is 0. The molecule has 3 aromatic rings. The molecule has 104 valence electrons. The summed E-state index contributed by atoms with van der Waals surface area (Å²) in [5.74, 6) is -0.536. The molecule has 0 aliphatic carbocycles. The van der Waals surface area contributed by atoms with E-state index in [1.165, 1.54) is 6.08 Å². The SMILES string of the molecule is O=c1cc(O)c2c(=O)oc(C=Cc3ccccc3)nc2o1. The maximum atomic E-state index is 11.8. The molecule has 6 nitrogen and oxygen atoms in total. The van der Waals surface area contributed by atoms with Gasteiger partial charge in [0.1, 0.15) is 5.75 Å². The molecule has 2 heterocycles. The van der Waals surface area contributed by atoms with Gasteiger partial charge >= 0.3 is 11.3 Å². The van der Waals surface area contributed by atoms with Crippen LogP contribution in [0.5, 0.6) is 5.75 Å². The van der Waals surface area contributed by atoms with Gasteiger partial charge in [-0.1, -0.05) is 30.3 Å². The molecule has 1 N–H and O–H groups in total. The van der Waals surface area contributed by atoms with Crippen LogP contribution in [-0.2, 0) is 0 Å². The van der Waals surface area contributed by atoms with Crippen molar-refractivity contribution in [2.24, 2.45) is 0 Å². The van der Waals surface area contributed by atoms with Gasteiger partial charge in [-0.2, -0.15) is 4.98 Å². The Morgan fingerprint density at radius 2 is 1.81 bits per heavy atom. The van der Waals surface area contributed by atoms with E-state index in [4.69, 9.17) is 8.83 Å². The zero-order chi connectivity index (χ0) is 14.8. The Hall–Kier alpha value is -3.15. The smallest absolute Gasteiger partial charge is 0.354 e. The van der Waals surface area contributed by atoms with Crippen LogP contribution in [0.4, 0.5) is 0 Å². The van der Waals surface area contributed by atoms with Gasteiger partial charge in [-0.05, 0) is 11.6 Å². The summed E-state index contributed by atoms with van der Waals surface area (Å²) < 4.78 is 9.75. The van der Waals surface area contributed by atoms with Crippen molar-refractivity contribution in [1.82, 2.24) is 4.98 Å². The molecular formula is C15H9NO5. The Balaban J connectivity index is 2.11. The van der Waals surface area contributed by atoms with E-state index in [9.17, 15) is 14.7 Å². The van der Waals surface area contributed by atoms with Gasteiger partial charge in [0.05, 0.1) is 6.07 Å². The van der Waals surface area contributed by atoms with E-state index in [0.29, 0.717) is 0 Å². The highest BCUT2D eigenvalue weighted by molar-refractivity contribution is 5.79. The van der Waals surface area contributed by atoms with E-state index < -0.39 is 17.0 Å². The predicted octanol–water partition coefficient (Wildman–Crippen LogP) is 2.02. The molecule has 0 bridgehead atoms. The molecule has 0 saturated carbocycles. The standard InChI is InChI=1S/C15H9NO5/c17-10-8-12(18)21-14-13(10)15(19)20-11(16-14)7-6-9-4-2-1-3-5-9/h1-8,17H. The van der Waals surface area contributed by atoms with Crippen LogP contribution in [0.15, 0.2) is 54.8 Å². The molecule has 21 heavy (non-hydrogen) atoms. The number of hydrogen-bond donors (Lipinski definition) is 1. The van der Waals surface area contributed by atoms with Crippen molar-refractivity contribution in [3.8, 4) is 5.75 Å². The van der Waals surface area contributed by atoms with Gasteiger partial charge in [0, 0.05) is 6.08 Å². The lowest BCUT2D eigenvalue weighted by Crippen LogP contribution is -2.07. The van der Waals surface area contributed by atoms with Crippen LogP contribution in [0.25, 0.3) is 23.3 Å². The quantitative estimate of drug-likeness (QED) is 0.773. The second-order valence-electron chi connectivity index (χ2n) is 4.21. The number of aromatic hydroxyl groups is 1. The largest absolute Gasteiger partial charge is 0.507 e. The first-order valence-electron chi connectivity index (χ1n) is 6.04. The minimum Gasteiger partial charge on any atom is -0.507 e. The highest BCUT2D eigenvalue weighted by atomic mass is 16.4. The van der Waals surface area contributed by atoms with Gasteiger partial charge in [0.15, 0.2) is 5.39 Å². The van der Waals surface area contributed by atoms with Crippen molar-refractivity contribution in [2.45, 2.75) is 0 Å². The van der Waals surface area contributed by atoms with Gasteiger partial charge in [0.2, 0.25) is 11.6 Å². The summed E-state index contributed by atoms with van der Waals surface area (Å²) in [5, 5.41) is 9.30. The average molecular weight is 283 g/mol. The molecule has 0 saturated heterocycles. The van der Waals surface area contributed by atoms with E-state index >= 15 is 0 Å². The molecule has 3 rings (SSSR count). The number of aromatic nitrogens is 1. The first kappa shape index (κ1) is 12.9. The topological polar surface area (TPSA) is 93.5 Å². The molecule has 0 radical (unpaired) electrons. The van der Waals surface area contributed by atoms with Crippen LogP contribution < -0.4 is 11.3 Å². The molecule has 0 fully saturated rings. The van der Waals surface area contributed by atoms with Crippen molar-refractivity contribution in [3.63, 3.8) is 0 Å². The lowest BCUT2D eigenvalue weighted by atomic mass is 10.2. The lowest BCUT2D eigenvalue weighted by Gasteiger charge is -1.98. The number of benzene rings is 1. The lowest BCUT2D eigenvalue weighted by molar-refractivity contribution is 0.443. The number of rotatable bonds is 2. The zero-order valence-corrected chi connectivity index (χ0v) is 10.6. The van der Waals surface area contributed by atoms with E-state index in [2.05, 4.69) is 4.98 Å². The van der Waals surface area contributed by atoms with Crippen LogP contribution in [0.2, 0.25) is 0 Å². The van der Waals surface area contributed by atoms with Gasteiger partial charge in [0.25, 0.3) is 0 Å². The van der Waals surface area contributed by atoms with Crippen molar-refractivity contribution in [1.29, 1.82) is 0 Å². The van der Waals surface area contributed by atoms with Crippen LogP contribution >= 0.6 is 0 Å². The maximum Gasteiger partial charge on any atom is 0.354 e.